The second-order valence-corrected chi connectivity index (χ2v) is 5.48. The summed E-state index contributed by atoms with van der Waals surface area (Å²) in [5, 5.41) is 0.789. The Morgan fingerprint density at radius 2 is 1.80 bits per heavy atom. The third-order valence-corrected chi connectivity index (χ3v) is 3.68. The number of aryl methyl sites for hydroxylation is 1. The number of furan rings is 1. The van der Waals surface area contributed by atoms with E-state index >= 15 is 0 Å². The van der Waals surface area contributed by atoms with E-state index < -0.39 is 11.7 Å². The molecule has 0 bridgehead atoms. The van der Waals surface area contributed by atoms with Gasteiger partial charge in [-0.1, -0.05) is 18.2 Å². The molecule has 0 amide bonds. The molecule has 2 aromatic heterocycles. The second-order valence-electron chi connectivity index (χ2n) is 5.48. The van der Waals surface area contributed by atoms with E-state index in [1.807, 2.05) is 18.2 Å². The molecular weight excluding hydrogens is 333 g/mol. The second kappa shape index (κ2) is 5.47. The molecule has 0 unspecified atom stereocenters. The fraction of sp³-hybridized carbons (Fsp3) is 0.111. The number of alkyl halides is 3. The average molecular weight is 344 g/mol. The molecule has 0 atom stereocenters. The van der Waals surface area contributed by atoms with E-state index in [9.17, 15) is 13.2 Å². The third kappa shape index (κ3) is 2.77. The van der Waals surface area contributed by atoms with Crippen LogP contribution in [0.4, 0.5) is 13.2 Å². The van der Waals surface area contributed by atoms with Crippen LogP contribution < -0.4 is 4.74 Å². The summed E-state index contributed by atoms with van der Waals surface area (Å²) < 4.78 is 49.9. The van der Waals surface area contributed by atoms with Gasteiger partial charge in [-0.05, 0) is 37.3 Å². The molecule has 0 saturated heterocycles. The van der Waals surface area contributed by atoms with Crippen molar-refractivity contribution < 1.29 is 22.3 Å². The highest BCUT2D eigenvalue weighted by atomic mass is 19.4. The van der Waals surface area contributed by atoms with Crippen LogP contribution in [-0.4, -0.2) is 9.97 Å². The average Bonchev–Trinajstić information content (AvgIpc) is 2.93. The van der Waals surface area contributed by atoms with Gasteiger partial charge in [0.25, 0.3) is 5.88 Å². The predicted octanol–water partition coefficient (Wildman–Crippen LogP) is 5.50. The molecule has 0 radical (unpaired) electrons. The molecule has 7 heteroatoms. The summed E-state index contributed by atoms with van der Waals surface area (Å²) in [6.07, 6.45) is -4.45. The van der Waals surface area contributed by atoms with Crippen LogP contribution in [0.5, 0.6) is 11.6 Å². The minimum absolute atomic E-state index is 0.0229. The Morgan fingerprint density at radius 3 is 2.60 bits per heavy atom. The quantitative estimate of drug-likeness (QED) is 0.482. The number of fused-ring (bicyclic) bond motifs is 3. The fourth-order valence-corrected chi connectivity index (χ4v) is 2.59. The van der Waals surface area contributed by atoms with E-state index in [2.05, 4.69) is 9.97 Å². The molecule has 0 aliphatic carbocycles. The van der Waals surface area contributed by atoms with Crippen LogP contribution in [-0.2, 0) is 6.18 Å². The molecule has 2 heterocycles. The van der Waals surface area contributed by atoms with Crippen molar-refractivity contribution in [2.45, 2.75) is 13.1 Å². The van der Waals surface area contributed by atoms with E-state index in [0.29, 0.717) is 22.5 Å². The molecule has 0 aliphatic rings. The molecule has 0 spiro atoms. The van der Waals surface area contributed by atoms with Crippen LogP contribution >= 0.6 is 0 Å². The molecule has 0 aliphatic heterocycles. The lowest BCUT2D eigenvalue weighted by molar-refractivity contribution is -0.137. The molecule has 2 aromatic carbocycles. The zero-order valence-corrected chi connectivity index (χ0v) is 13.0. The number of benzene rings is 2. The van der Waals surface area contributed by atoms with Gasteiger partial charge in [0.15, 0.2) is 0 Å². The number of halogens is 3. The topological polar surface area (TPSA) is 48.2 Å². The van der Waals surface area contributed by atoms with Crippen molar-refractivity contribution in [3.05, 3.63) is 59.9 Å². The first-order valence-corrected chi connectivity index (χ1v) is 7.43. The monoisotopic (exact) mass is 344 g/mol. The number of rotatable bonds is 2. The van der Waals surface area contributed by atoms with Gasteiger partial charge >= 0.3 is 6.18 Å². The van der Waals surface area contributed by atoms with E-state index in [1.165, 1.54) is 12.1 Å². The minimum atomic E-state index is -4.45. The lowest BCUT2D eigenvalue weighted by atomic mass is 10.2. The SMILES string of the molecule is Cc1nc(Oc2cccc(C(F)(F)F)c2)c2oc3ccccc3c2n1. The summed E-state index contributed by atoms with van der Waals surface area (Å²) in [4.78, 5) is 8.53. The van der Waals surface area contributed by atoms with E-state index in [4.69, 9.17) is 9.15 Å². The van der Waals surface area contributed by atoms with Crippen molar-refractivity contribution in [2.24, 2.45) is 0 Å². The summed E-state index contributed by atoms with van der Waals surface area (Å²) in [5.41, 5.74) is 0.664. The van der Waals surface area contributed by atoms with Crippen molar-refractivity contribution in [1.29, 1.82) is 0 Å². The molecule has 25 heavy (non-hydrogen) atoms. The Kier molecular flexibility index (Phi) is 3.38. The maximum atomic E-state index is 12.9. The fourth-order valence-electron chi connectivity index (χ4n) is 2.59. The molecule has 0 fully saturated rings. The first kappa shape index (κ1) is 15.4. The highest BCUT2D eigenvalue weighted by molar-refractivity contribution is 6.03. The Balaban J connectivity index is 1.85. The van der Waals surface area contributed by atoms with Crippen LogP contribution in [0.25, 0.3) is 22.1 Å². The standard InChI is InChI=1S/C18H11F3N2O2/c1-10-22-15-13-7-2-3-8-14(13)25-16(15)17(23-10)24-12-6-4-5-11(9-12)18(19,20)21/h2-9H,1H3. The van der Waals surface area contributed by atoms with E-state index in [0.717, 1.165) is 17.5 Å². The van der Waals surface area contributed by atoms with E-state index in [1.54, 1.807) is 13.0 Å². The van der Waals surface area contributed by atoms with Crippen LogP contribution in [0.2, 0.25) is 0 Å². The largest absolute Gasteiger partial charge is 0.449 e. The summed E-state index contributed by atoms with van der Waals surface area (Å²) in [5.74, 6) is 0.536. The van der Waals surface area contributed by atoms with Gasteiger partial charge in [-0.25, -0.2) is 4.98 Å². The summed E-state index contributed by atoms with van der Waals surface area (Å²) in [6, 6.07) is 11.9. The Hall–Kier alpha value is -3.09. The molecular formula is C18H11F3N2O2. The van der Waals surface area contributed by atoms with Crippen molar-refractivity contribution in [3.8, 4) is 11.6 Å². The van der Waals surface area contributed by atoms with Crippen LogP contribution in [0, 0.1) is 6.92 Å². The molecule has 4 rings (SSSR count). The van der Waals surface area contributed by atoms with Gasteiger partial charge in [0.2, 0.25) is 5.58 Å². The normalized spacial score (nSPS) is 12.0. The van der Waals surface area contributed by atoms with Crippen molar-refractivity contribution >= 4 is 22.1 Å². The molecule has 126 valence electrons. The number of para-hydroxylation sites is 1. The third-order valence-electron chi connectivity index (χ3n) is 3.68. The number of ether oxygens (including phenoxy) is 1. The number of nitrogens with zero attached hydrogens (tertiary/aromatic N) is 2. The van der Waals surface area contributed by atoms with Gasteiger partial charge in [-0.3, -0.25) is 0 Å². The Bertz CT molecular complexity index is 1090. The maximum Gasteiger partial charge on any atom is 0.416 e. The zero-order valence-electron chi connectivity index (χ0n) is 13.0. The van der Waals surface area contributed by atoms with Crippen molar-refractivity contribution in [3.63, 3.8) is 0 Å². The molecule has 4 aromatic rings. The maximum absolute atomic E-state index is 12.9. The highest BCUT2D eigenvalue weighted by Crippen LogP contribution is 2.36. The molecule has 4 nitrogen and oxygen atoms in total. The Morgan fingerprint density at radius 1 is 1.00 bits per heavy atom. The summed E-state index contributed by atoms with van der Waals surface area (Å²) in [7, 11) is 0. The number of hydrogen-bond donors (Lipinski definition) is 0. The van der Waals surface area contributed by atoms with E-state index in [-0.39, 0.29) is 11.6 Å². The predicted molar refractivity (Wildman–Crippen MR) is 85.6 cm³/mol. The first-order valence-electron chi connectivity index (χ1n) is 7.43. The van der Waals surface area contributed by atoms with Crippen LogP contribution in [0.3, 0.4) is 0 Å². The van der Waals surface area contributed by atoms with Gasteiger partial charge in [-0.15, -0.1) is 0 Å². The minimum Gasteiger partial charge on any atom is -0.449 e. The lowest BCUT2D eigenvalue weighted by Crippen LogP contribution is -2.04. The van der Waals surface area contributed by atoms with Gasteiger partial charge in [0.1, 0.15) is 22.7 Å². The van der Waals surface area contributed by atoms with Gasteiger partial charge in [-0.2, -0.15) is 18.2 Å². The van der Waals surface area contributed by atoms with Crippen LogP contribution in [0.15, 0.2) is 52.9 Å². The number of aromatic nitrogens is 2. The van der Waals surface area contributed by atoms with Crippen molar-refractivity contribution in [1.82, 2.24) is 9.97 Å². The summed E-state index contributed by atoms with van der Waals surface area (Å²) in [6.45, 7) is 1.68. The van der Waals surface area contributed by atoms with Gasteiger partial charge in [0.05, 0.1) is 5.56 Å². The zero-order chi connectivity index (χ0) is 17.6. The van der Waals surface area contributed by atoms with Crippen LogP contribution in [0.1, 0.15) is 11.4 Å². The lowest BCUT2D eigenvalue weighted by Gasteiger charge is -2.09. The first-order chi connectivity index (χ1) is 11.9. The summed E-state index contributed by atoms with van der Waals surface area (Å²) >= 11 is 0. The molecule has 0 N–H and O–H groups in total. The smallest absolute Gasteiger partial charge is 0.416 e. The highest BCUT2D eigenvalue weighted by Gasteiger charge is 2.30. The Labute approximate surface area is 139 Å². The van der Waals surface area contributed by atoms with Gasteiger partial charge in [0, 0.05) is 5.39 Å². The molecule has 0 saturated carbocycles. The number of hydrogen-bond acceptors (Lipinski definition) is 4. The van der Waals surface area contributed by atoms with Crippen molar-refractivity contribution in [2.75, 3.05) is 0 Å². The van der Waals surface area contributed by atoms with Gasteiger partial charge < -0.3 is 9.15 Å².